The molecule has 2 N–H and O–H groups in total. The molecule has 0 unspecified atom stereocenters. The molecule has 0 bridgehead atoms. The van der Waals surface area contributed by atoms with Crippen LogP contribution in [0.4, 0.5) is 5.69 Å². The molecule has 30 heavy (non-hydrogen) atoms. The van der Waals surface area contributed by atoms with Gasteiger partial charge < -0.3 is 10.2 Å². The van der Waals surface area contributed by atoms with Crippen molar-refractivity contribution in [1.29, 1.82) is 0 Å². The quantitative estimate of drug-likeness (QED) is 0.356. The lowest BCUT2D eigenvalue weighted by molar-refractivity contribution is 0.0995. The number of rotatable bonds is 4. The Morgan fingerprint density at radius 3 is 2.27 bits per heavy atom. The highest BCUT2D eigenvalue weighted by atomic mass is 79.9. The minimum absolute atomic E-state index is 0.0433. The Kier molecular flexibility index (Phi) is 5.65. The molecule has 1 heterocycles. The van der Waals surface area contributed by atoms with Crippen LogP contribution in [-0.2, 0) is 0 Å². The molecule has 3 aromatic carbocycles. The van der Waals surface area contributed by atoms with E-state index < -0.39 is 5.91 Å². The van der Waals surface area contributed by atoms with Gasteiger partial charge in [0, 0.05) is 25.5 Å². The fourth-order valence-electron chi connectivity index (χ4n) is 3.00. The summed E-state index contributed by atoms with van der Waals surface area (Å²) in [6, 6.07) is 21.1. The number of hydrogen-bond acceptors (Lipinski definition) is 4. The molecule has 0 aliphatic rings. The first kappa shape index (κ1) is 20.3. The van der Waals surface area contributed by atoms with Gasteiger partial charge in [0.05, 0.1) is 5.69 Å². The fraction of sp³-hybridized carbons (Fsp3) is 0. The predicted molar refractivity (Wildman–Crippen MR) is 122 cm³/mol. The lowest BCUT2D eigenvalue weighted by Crippen LogP contribution is -2.21. The molecule has 0 aliphatic heterocycles. The van der Waals surface area contributed by atoms with E-state index >= 15 is 0 Å². The molecule has 0 saturated carbocycles. The van der Waals surface area contributed by atoms with E-state index in [1.807, 2.05) is 18.2 Å². The van der Waals surface area contributed by atoms with E-state index in [2.05, 4.69) is 36.9 Å². The zero-order chi connectivity index (χ0) is 21.3. The SMILES string of the molecule is NC(=O)c1cc2cc(Br)ccc2oc1=Nc1ccc(Br)cc1C(=O)c1ccccc1. The largest absolute Gasteiger partial charge is 0.438 e. The number of benzene rings is 3. The van der Waals surface area contributed by atoms with Crippen molar-refractivity contribution in [3.8, 4) is 0 Å². The van der Waals surface area contributed by atoms with Crippen molar-refractivity contribution in [2.45, 2.75) is 0 Å². The van der Waals surface area contributed by atoms with Crippen molar-refractivity contribution >= 4 is 60.2 Å². The number of amides is 1. The van der Waals surface area contributed by atoms with E-state index in [4.69, 9.17) is 10.2 Å². The fourth-order valence-corrected chi connectivity index (χ4v) is 3.74. The molecule has 0 radical (unpaired) electrons. The second-order valence-corrected chi connectivity index (χ2v) is 8.31. The van der Waals surface area contributed by atoms with Gasteiger partial charge in [0.15, 0.2) is 5.78 Å². The number of nitrogens with two attached hydrogens (primary N) is 1. The second-order valence-electron chi connectivity index (χ2n) is 6.48. The number of hydrogen-bond donors (Lipinski definition) is 1. The van der Waals surface area contributed by atoms with Gasteiger partial charge in [0.25, 0.3) is 5.91 Å². The van der Waals surface area contributed by atoms with E-state index in [0.717, 1.165) is 8.95 Å². The Labute approximate surface area is 188 Å². The third kappa shape index (κ3) is 4.13. The Bertz CT molecular complexity index is 1360. The molecule has 148 valence electrons. The molecule has 5 nitrogen and oxygen atoms in total. The van der Waals surface area contributed by atoms with Crippen molar-refractivity contribution in [3.05, 3.63) is 104 Å². The molecule has 1 amide bonds. The van der Waals surface area contributed by atoms with E-state index in [0.29, 0.717) is 27.8 Å². The number of ketones is 1. The highest BCUT2D eigenvalue weighted by Crippen LogP contribution is 2.26. The molecule has 7 heteroatoms. The van der Waals surface area contributed by atoms with Crippen molar-refractivity contribution in [2.24, 2.45) is 10.7 Å². The van der Waals surface area contributed by atoms with Crippen LogP contribution in [0, 0.1) is 0 Å². The Morgan fingerprint density at radius 1 is 0.833 bits per heavy atom. The standard InChI is InChI=1S/C23H14Br2N2O3/c24-15-7-9-20-14(10-15)11-18(22(26)29)23(30-20)27-19-8-6-16(25)12-17(19)21(28)13-4-2-1-3-5-13/h1-12H,(H2,26,29). The lowest BCUT2D eigenvalue weighted by atomic mass is 10.0. The molecular weight excluding hydrogens is 512 g/mol. The van der Waals surface area contributed by atoms with Crippen LogP contribution in [0.25, 0.3) is 11.0 Å². The Hall–Kier alpha value is -3.03. The number of carbonyl (C=O) groups excluding carboxylic acids is 2. The van der Waals surface area contributed by atoms with E-state index in [1.54, 1.807) is 54.6 Å². The summed E-state index contributed by atoms with van der Waals surface area (Å²) in [5.74, 6) is -0.867. The smallest absolute Gasteiger partial charge is 0.254 e. The monoisotopic (exact) mass is 524 g/mol. The lowest BCUT2D eigenvalue weighted by Gasteiger charge is -2.07. The summed E-state index contributed by atoms with van der Waals surface area (Å²) in [4.78, 5) is 29.6. The molecule has 4 rings (SSSR count). The van der Waals surface area contributed by atoms with Gasteiger partial charge in [-0.05, 0) is 42.5 Å². The number of nitrogens with zero attached hydrogens (tertiary/aromatic N) is 1. The van der Waals surface area contributed by atoms with Gasteiger partial charge in [0.2, 0.25) is 5.55 Å². The van der Waals surface area contributed by atoms with Crippen molar-refractivity contribution in [2.75, 3.05) is 0 Å². The van der Waals surface area contributed by atoms with Gasteiger partial charge in [-0.25, -0.2) is 4.99 Å². The molecule has 0 saturated heterocycles. The van der Waals surface area contributed by atoms with Crippen molar-refractivity contribution in [1.82, 2.24) is 0 Å². The Balaban J connectivity index is 1.95. The van der Waals surface area contributed by atoms with Crippen molar-refractivity contribution < 1.29 is 14.0 Å². The first-order valence-corrected chi connectivity index (χ1v) is 10.5. The number of primary amides is 1. The first-order chi connectivity index (χ1) is 14.4. The van der Waals surface area contributed by atoms with Crippen LogP contribution in [0.2, 0.25) is 0 Å². The van der Waals surface area contributed by atoms with E-state index in [-0.39, 0.29) is 16.9 Å². The van der Waals surface area contributed by atoms with E-state index in [1.165, 1.54) is 0 Å². The van der Waals surface area contributed by atoms with E-state index in [9.17, 15) is 9.59 Å². The highest BCUT2D eigenvalue weighted by Gasteiger charge is 2.16. The summed E-state index contributed by atoms with van der Waals surface area (Å²) < 4.78 is 7.45. The van der Waals surface area contributed by atoms with Gasteiger partial charge in [-0.15, -0.1) is 0 Å². The van der Waals surface area contributed by atoms with Crippen LogP contribution in [-0.4, -0.2) is 11.7 Å². The molecule has 0 spiro atoms. The summed E-state index contributed by atoms with van der Waals surface area (Å²) in [6.45, 7) is 0. The van der Waals surface area contributed by atoms with Gasteiger partial charge >= 0.3 is 0 Å². The highest BCUT2D eigenvalue weighted by molar-refractivity contribution is 9.10. The minimum atomic E-state index is -0.674. The van der Waals surface area contributed by atoms with Crippen LogP contribution >= 0.6 is 31.9 Å². The molecule has 0 aliphatic carbocycles. The second kappa shape index (κ2) is 8.38. The third-order valence-electron chi connectivity index (χ3n) is 4.44. The van der Waals surface area contributed by atoms with Gasteiger partial charge in [0.1, 0.15) is 11.1 Å². The normalized spacial score (nSPS) is 11.6. The first-order valence-electron chi connectivity index (χ1n) is 8.89. The summed E-state index contributed by atoms with van der Waals surface area (Å²) in [7, 11) is 0. The maximum atomic E-state index is 13.1. The summed E-state index contributed by atoms with van der Waals surface area (Å²) in [5, 5.41) is 0.702. The van der Waals surface area contributed by atoms with Crippen LogP contribution in [0.3, 0.4) is 0 Å². The van der Waals surface area contributed by atoms with Crippen molar-refractivity contribution in [3.63, 3.8) is 0 Å². The third-order valence-corrected chi connectivity index (χ3v) is 5.42. The van der Waals surface area contributed by atoms with Crippen LogP contribution in [0.5, 0.6) is 0 Å². The zero-order valence-corrected chi connectivity index (χ0v) is 18.6. The van der Waals surface area contributed by atoms with Gasteiger partial charge in [-0.2, -0.15) is 0 Å². The number of fused-ring (bicyclic) bond motifs is 1. The van der Waals surface area contributed by atoms with Crippen LogP contribution in [0.1, 0.15) is 26.3 Å². The topological polar surface area (TPSA) is 85.7 Å². The maximum absolute atomic E-state index is 13.1. The molecule has 0 fully saturated rings. The van der Waals surface area contributed by atoms with Gasteiger partial charge in [-0.1, -0.05) is 62.2 Å². The molecule has 1 aromatic heterocycles. The molecule has 4 aromatic rings. The average molecular weight is 526 g/mol. The number of carbonyl (C=O) groups is 2. The molecule has 0 atom stereocenters. The number of halogens is 2. The molecular formula is C23H14Br2N2O3. The Morgan fingerprint density at radius 2 is 1.53 bits per heavy atom. The van der Waals surface area contributed by atoms with Gasteiger partial charge in [-0.3, -0.25) is 9.59 Å². The maximum Gasteiger partial charge on any atom is 0.254 e. The average Bonchev–Trinajstić information content (AvgIpc) is 2.74. The summed E-state index contributed by atoms with van der Waals surface area (Å²) in [6.07, 6.45) is 0. The van der Waals surface area contributed by atoms with Crippen LogP contribution in [0.15, 0.2) is 91.2 Å². The van der Waals surface area contributed by atoms with Crippen LogP contribution < -0.4 is 11.3 Å². The minimum Gasteiger partial charge on any atom is -0.438 e. The summed E-state index contributed by atoms with van der Waals surface area (Å²) in [5.41, 5.74) is 7.54. The summed E-state index contributed by atoms with van der Waals surface area (Å²) >= 11 is 6.80. The zero-order valence-electron chi connectivity index (χ0n) is 15.4. The predicted octanol–water partition coefficient (Wildman–Crippen LogP) is 5.52.